The lowest BCUT2D eigenvalue weighted by Crippen LogP contribution is -2.50. The molecule has 2 aliphatic heterocycles. The molecule has 2 saturated heterocycles. The third-order valence-corrected chi connectivity index (χ3v) is 6.63. The lowest BCUT2D eigenvalue weighted by atomic mass is 10.2. The third-order valence-electron chi connectivity index (χ3n) is 5.69. The maximum absolute atomic E-state index is 12.2. The zero-order valence-electron chi connectivity index (χ0n) is 17.3. The van der Waals surface area contributed by atoms with Gasteiger partial charge in [-0.05, 0) is 12.8 Å². The molecule has 2 amide bonds. The molecule has 0 atom stereocenters. The van der Waals surface area contributed by atoms with Crippen LogP contribution in [0.25, 0.3) is 10.6 Å². The molecule has 1 aromatic carbocycles. The summed E-state index contributed by atoms with van der Waals surface area (Å²) in [5, 5.41) is 5.98. The summed E-state index contributed by atoms with van der Waals surface area (Å²) in [6.45, 7) is 6.49. The number of nitrogens with zero attached hydrogens (tertiary/aromatic N) is 4. The minimum absolute atomic E-state index is 0.0313. The van der Waals surface area contributed by atoms with E-state index in [0.717, 1.165) is 74.9 Å². The van der Waals surface area contributed by atoms with Crippen molar-refractivity contribution in [2.75, 3.05) is 52.4 Å². The molecule has 3 heterocycles. The molecule has 0 aliphatic carbocycles. The van der Waals surface area contributed by atoms with Gasteiger partial charge in [0.05, 0.1) is 18.8 Å². The summed E-state index contributed by atoms with van der Waals surface area (Å²) >= 11 is 1.68. The Kier molecular flexibility index (Phi) is 7.09. The largest absolute Gasteiger partial charge is 0.346 e. The Hall–Kier alpha value is -2.29. The summed E-state index contributed by atoms with van der Waals surface area (Å²) in [4.78, 5) is 35.4. The molecule has 0 unspecified atom stereocenters. The summed E-state index contributed by atoms with van der Waals surface area (Å²) in [5.41, 5.74) is 2.26. The molecule has 1 N–H and O–H groups in total. The van der Waals surface area contributed by atoms with Crippen LogP contribution in [0.4, 0.5) is 0 Å². The molecular weight excluding hydrogens is 398 g/mol. The van der Waals surface area contributed by atoms with Crippen molar-refractivity contribution in [2.24, 2.45) is 0 Å². The molecule has 4 rings (SSSR count). The van der Waals surface area contributed by atoms with Crippen molar-refractivity contribution in [3.05, 3.63) is 41.4 Å². The summed E-state index contributed by atoms with van der Waals surface area (Å²) in [7, 11) is 0. The molecule has 160 valence electrons. The Morgan fingerprint density at radius 2 is 1.67 bits per heavy atom. The van der Waals surface area contributed by atoms with Gasteiger partial charge in [-0.2, -0.15) is 0 Å². The van der Waals surface area contributed by atoms with Gasteiger partial charge in [0.2, 0.25) is 11.8 Å². The Labute approximate surface area is 181 Å². The van der Waals surface area contributed by atoms with E-state index in [1.807, 2.05) is 23.1 Å². The van der Waals surface area contributed by atoms with Crippen molar-refractivity contribution in [1.29, 1.82) is 0 Å². The predicted octanol–water partition coefficient (Wildman–Crippen LogP) is 1.67. The fraction of sp³-hybridized carbons (Fsp3) is 0.500. The minimum Gasteiger partial charge on any atom is -0.346 e. The van der Waals surface area contributed by atoms with E-state index in [2.05, 4.69) is 32.6 Å². The molecule has 2 aromatic rings. The maximum atomic E-state index is 12.2. The van der Waals surface area contributed by atoms with Crippen LogP contribution in [0.5, 0.6) is 0 Å². The lowest BCUT2D eigenvalue weighted by molar-refractivity contribution is -0.132. The number of hydrogen-bond donors (Lipinski definition) is 1. The first-order valence-electron chi connectivity index (χ1n) is 10.7. The molecule has 2 fully saturated rings. The fourth-order valence-electron chi connectivity index (χ4n) is 3.94. The SMILES string of the molecule is O=C(CN1CCN(Cc2csc(-c3ccccc3)n2)CC1)NCC(=O)N1CCCC1. The van der Waals surface area contributed by atoms with Gasteiger partial charge in [0.25, 0.3) is 0 Å². The minimum atomic E-state index is -0.0667. The van der Waals surface area contributed by atoms with E-state index in [-0.39, 0.29) is 18.4 Å². The molecule has 0 radical (unpaired) electrons. The summed E-state index contributed by atoms with van der Waals surface area (Å²) in [6.07, 6.45) is 2.14. The van der Waals surface area contributed by atoms with Crippen LogP contribution in [0, 0.1) is 0 Å². The topological polar surface area (TPSA) is 68.8 Å². The highest BCUT2D eigenvalue weighted by Gasteiger charge is 2.21. The number of carbonyl (C=O) groups excluding carboxylic acids is 2. The van der Waals surface area contributed by atoms with Crippen LogP contribution in [0.3, 0.4) is 0 Å². The highest BCUT2D eigenvalue weighted by atomic mass is 32.1. The average Bonchev–Trinajstić information content (AvgIpc) is 3.47. The van der Waals surface area contributed by atoms with Gasteiger partial charge in [0.1, 0.15) is 5.01 Å². The second kappa shape index (κ2) is 10.1. The third kappa shape index (κ3) is 5.65. The summed E-state index contributed by atoms with van der Waals surface area (Å²) < 4.78 is 0. The predicted molar refractivity (Wildman–Crippen MR) is 118 cm³/mol. The first-order valence-corrected chi connectivity index (χ1v) is 11.5. The molecule has 7 nitrogen and oxygen atoms in total. The van der Waals surface area contributed by atoms with E-state index in [1.54, 1.807) is 11.3 Å². The zero-order chi connectivity index (χ0) is 20.8. The number of benzene rings is 1. The zero-order valence-corrected chi connectivity index (χ0v) is 18.1. The van der Waals surface area contributed by atoms with Crippen molar-refractivity contribution in [3.8, 4) is 10.6 Å². The molecule has 0 bridgehead atoms. The standard InChI is InChI=1S/C22H29N5O2S/c28-20(23-14-21(29)27-8-4-5-9-27)16-26-12-10-25(11-13-26)15-19-17-30-22(24-19)18-6-2-1-3-7-18/h1-3,6-7,17H,4-5,8-16H2,(H,23,28). The van der Waals surface area contributed by atoms with Crippen molar-refractivity contribution in [3.63, 3.8) is 0 Å². The second-order valence-corrected chi connectivity index (χ2v) is 8.79. The monoisotopic (exact) mass is 427 g/mol. The average molecular weight is 428 g/mol. The number of thiazole rings is 1. The smallest absolute Gasteiger partial charge is 0.241 e. The normalized spacial score (nSPS) is 17.9. The van der Waals surface area contributed by atoms with Crippen molar-refractivity contribution < 1.29 is 9.59 Å². The van der Waals surface area contributed by atoms with Crippen molar-refractivity contribution >= 4 is 23.2 Å². The van der Waals surface area contributed by atoms with Gasteiger partial charge in [0, 0.05) is 56.8 Å². The Bertz CT molecular complexity index is 842. The van der Waals surface area contributed by atoms with Gasteiger partial charge in [0.15, 0.2) is 0 Å². The first kappa shape index (κ1) is 21.0. The summed E-state index contributed by atoms with van der Waals surface area (Å²) in [5.74, 6) is -0.0354. The van der Waals surface area contributed by atoms with E-state index in [1.165, 1.54) is 0 Å². The van der Waals surface area contributed by atoms with E-state index in [0.29, 0.717) is 6.54 Å². The number of amides is 2. The van der Waals surface area contributed by atoms with Gasteiger partial charge in [-0.1, -0.05) is 30.3 Å². The Morgan fingerprint density at radius 1 is 0.967 bits per heavy atom. The molecule has 1 aromatic heterocycles. The number of rotatable bonds is 7. The fourth-order valence-corrected chi connectivity index (χ4v) is 4.76. The van der Waals surface area contributed by atoms with Crippen LogP contribution in [0.2, 0.25) is 0 Å². The quantitative estimate of drug-likeness (QED) is 0.728. The summed E-state index contributed by atoms with van der Waals surface area (Å²) in [6, 6.07) is 10.3. The number of aromatic nitrogens is 1. The number of nitrogens with one attached hydrogen (secondary N) is 1. The van der Waals surface area contributed by atoms with E-state index in [4.69, 9.17) is 4.98 Å². The van der Waals surface area contributed by atoms with E-state index >= 15 is 0 Å². The first-order chi connectivity index (χ1) is 14.7. The van der Waals surface area contributed by atoms with Gasteiger partial charge in [-0.15, -0.1) is 11.3 Å². The van der Waals surface area contributed by atoms with Crippen LogP contribution >= 0.6 is 11.3 Å². The molecule has 0 saturated carbocycles. The van der Waals surface area contributed by atoms with Crippen LogP contribution in [0.15, 0.2) is 35.7 Å². The van der Waals surface area contributed by atoms with Gasteiger partial charge in [-0.3, -0.25) is 19.4 Å². The molecule has 8 heteroatoms. The van der Waals surface area contributed by atoms with E-state index in [9.17, 15) is 9.59 Å². The van der Waals surface area contributed by atoms with Crippen molar-refractivity contribution in [1.82, 2.24) is 25.0 Å². The number of piperazine rings is 1. The number of carbonyl (C=O) groups is 2. The van der Waals surface area contributed by atoms with Gasteiger partial charge in [-0.25, -0.2) is 4.98 Å². The van der Waals surface area contributed by atoms with Crippen molar-refractivity contribution in [2.45, 2.75) is 19.4 Å². The van der Waals surface area contributed by atoms with Crippen LogP contribution in [-0.2, 0) is 16.1 Å². The van der Waals surface area contributed by atoms with Crippen LogP contribution in [-0.4, -0.2) is 83.9 Å². The lowest BCUT2D eigenvalue weighted by Gasteiger charge is -2.33. The number of hydrogen-bond acceptors (Lipinski definition) is 6. The molecular formula is C22H29N5O2S. The highest BCUT2D eigenvalue weighted by molar-refractivity contribution is 7.13. The Balaban J connectivity index is 1.16. The van der Waals surface area contributed by atoms with Crippen LogP contribution in [0.1, 0.15) is 18.5 Å². The number of likely N-dealkylation sites (tertiary alicyclic amines) is 1. The highest BCUT2D eigenvalue weighted by Crippen LogP contribution is 2.24. The molecule has 30 heavy (non-hydrogen) atoms. The molecule has 2 aliphatic rings. The Morgan fingerprint density at radius 3 is 2.40 bits per heavy atom. The van der Waals surface area contributed by atoms with Crippen LogP contribution < -0.4 is 5.32 Å². The molecule has 0 spiro atoms. The van der Waals surface area contributed by atoms with E-state index < -0.39 is 0 Å². The van der Waals surface area contributed by atoms with Gasteiger partial charge < -0.3 is 10.2 Å². The van der Waals surface area contributed by atoms with Gasteiger partial charge >= 0.3 is 0 Å². The second-order valence-electron chi connectivity index (χ2n) is 7.93. The maximum Gasteiger partial charge on any atom is 0.241 e.